The van der Waals surface area contributed by atoms with E-state index in [-0.39, 0.29) is 29.9 Å². The molecule has 9 heteroatoms. The number of carbonyl (C=O) groups excluding carboxylic acids is 1. The zero-order valence-electron chi connectivity index (χ0n) is 22.1. The molecule has 0 aliphatic rings. The standard InChI is InChI=1S/C28H34N2O6S/c1-7-36-27(33)21(14-18-10-13-20(34-5)15-23(18)35-6)29-16-22-24(26(31)32)37-25(30-22)17-8-11-19(12-9-17)28(2,3)4/h8-13,15,21,29H,7,14,16H2,1-6H3,(H,31,32). The Morgan fingerprint density at radius 2 is 1.78 bits per heavy atom. The Morgan fingerprint density at radius 1 is 1.08 bits per heavy atom. The van der Waals surface area contributed by atoms with E-state index in [2.05, 4.69) is 31.1 Å². The minimum Gasteiger partial charge on any atom is -0.497 e. The lowest BCUT2D eigenvalue weighted by molar-refractivity contribution is -0.145. The Morgan fingerprint density at radius 3 is 2.35 bits per heavy atom. The molecular weight excluding hydrogens is 492 g/mol. The highest BCUT2D eigenvalue weighted by Gasteiger charge is 2.25. The number of rotatable bonds is 11. The summed E-state index contributed by atoms with van der Waals surface area (Å²) in [7, 11) is 3.12. The number of benzene rings is 2. The van der Waals surface area contributed by atoms with E-state index in [9.17, 15) is 14.7 Å². The molecule has 0 spiro atoms. The summed E-state index contributed by atoms with van der Waals surface area (Å²) in [6.45, 7) is 8.46. The van der Waals surface area contributed by atoms with E-state index in [1.165, 1.54) is 5.56 Å². The third-order valence-electron chi connectivity index (χ3n) is 5.89. The molecule has 3 aromatic rings. The lowest BCUT2D eigenvalue weighted by Crippen LogP contribution is -2.40. The molecule has 0 saturated carbocycles. The van der Waals surface area contributed by atoms with E-state index in [0.29, 0.717) is 22.2 Å². The molecule has 1 aromatic heterocycles. The maximum absolute atomic E-state index is 12.8. The van der Waals surface area contributed by atoms with Gasteiger partial charge < -0.3 is 19.3 Å². The lowest BCUT2D eigenvalue weighted by atomic mass is 9.87. The normalized spacial score (nSPS) is 12.2. The van der Waals surface area contributed by atoms with Crippen LogP contribution in [0.2, 0.25) is 0 Å². The Labute approximate surface area is 221 Å². The van der Waals surface area contributed by atoms with Crippen LogP contribution in [0.4, 0.5) is 0 Å². The SMILES string of the molecule is CCOC(=O)C(Cc1ccc(OC)cc1OC)NCc1nc(-c2ccc(C(C)(C)C)cc2)sc1C(=O)O. The van der Waals surface area contributed by atoms with Crippen molar-refractivity contribution in [2.24, 2.45) is 0 Å². The number of esters is 1. The van der Waals surface area contributed by atoms with Gasteiger partial charge in [0.05, 0.1) is 26.5 Å². The third kappa shape index (κ3) is 7.08. The lowest BCUT2D eigenvalue weighted by Gasteiger charge is -2.19. The van der Waals surface area contributed by atoms with Gasteiger partial charge in [-0.2, -0.15) is 0 Å². The van der Waals surface area contributed by atoms with Gasteiger partial charge in [0, 0.05) is 24.6 Å². The number of nitrogens with zero attached hydrogens (tertiary/aromatic N) is 1. The molecule has 0 aliphatic heterocycles. The molecule has 8 nitrogen and oxygen atoms in total. The van der Waals surface area contributed by atoms with Crippen molar-refractivity contribution >= 4 is 23.3 Å². The van der Waals surface area contributed by atoms with E-state index in [4.69, 9.17) is 14.2 Å². The Bertz CT molecular complexity index is 1230. The molecular formula is C28H34N2O6S. The van der Waals surface area contributed by atoms with Crippen LogP contribution in [0.3, 0.4) is 0 Å². The molecule has 1 unspecified atom stereocenters. The van der Waals surface area contributed by atoms with Crippen molar-refractivity contribution in [3.05, 3.63) is 64.2 Å². The van der Waals surface area contributed by atoms with Crippen molar-refractivity contribution in [1.82, 2.24) is 10.3 Å². The summed E-state index contributed by atoms with van der Waals surface area (Å²) in [5.74, 6) is -0.281. The molecule has 0 bridgehead atoms. The predicted octanol–water partition coefficient (Wildman–Crippen LogP) is 5.09. The van der Waals surface area contributed by atoms with E-state index in [0.717, 1.165) is 22.5 Å². The van der Waals surface area contributed by atoms with Gasteiger partial charge in [-0.1, -0.05) is 51.1 Å². The number of nitrogens with one attached hydrogen (secondary N) is 1. The van der Waals surface area contributed by atoms with Gasteiger partial charge in [-0.3, -0.25) is 10.1 Å². The second-order valence-electron chi connectivity index (χ2n) is 9.49. The molecule has 0 amide bonds. The Hall–Kier alpha value is -3.43. The maximum atomic E-state index is 12.8. The van der Waals surface area contributed by atoms with Gasteiger partial charge in [0.25, 0.3) is 0 Å². The minimum atomic E-state index is -1.06. The first-order valence-corrected chi connectivity index (χ1v) is 12.8. The molecule has 3 rings (SSSR count). The van der Waals surface area contributed by atoms with Crippen LogP contribution in [-0.4, -0.2) is 48.9 Å². The van der Waals surface area contributed by atoms with Gasteiger partial charge in [-0.15, -0.1) is 11.3 Å². The van der Waals surface area contributed by atoms with Gasteiger partial charge in [0.2, 0.25) is 0 Å². The highest BCUT2D eigenvalue weighted by Crippen LogP contribution is 2.31. The van der Waals surface area contributed by atoms with Crippen molar-refractivity contribution in [3.8, 4) is 22.1 Å². The number of carboxylic acid groups (broad SMARTS) is 1. The number of methoxy groups -OCH3 is 2. The van der Waals surface area contributed by atoms with Crippen molar-refractivity contribution in [3.63, 3.8) is 0 Å². The maximum Gasteiger partial charge on any atom is 0.347 e. The highest BCUT2D eigenvalue weighted by atomic mass is 32.1. The van der Waals surface area contributed by atoms with E-state index in [1.807, 2.05) is 30.3 Å². The van der Waals surface area contributed by atoms with E-state index < -0.39 is 18.0 Å². The van der Waals surface area contributed by atoms with Crippen LogP contribution in [0.1, 0.15) is 54.2 Å². The number of carboxylic acids is 1. The van der Waals surface area contributed by atoms with Crippen LogP contribution in [0, 0.1) is 0 Å². The van der Waals surface area contributed by atoms with Crippen LogP contribution in [0.15, 0.2) is 42.5 Å². The highest BCUT2D eigenvalue weighted by molar-refractivity contribution is 7.17. The third-order valence-corrected chi connectivity index (χ3v) is 7.03. The number of aromatic nitrogens is 1. The number of ether oxygens (including phenoxy) is 3. The molecule has 0 radical (unpaired) electrons. The molecule has 2 aromatic carbocycles. The topological polar surface area (TPSA) is 107 Å². The predicted molar refractivity (Wildman–Crippen MR) is 144 cm³/mol. The molecule has 2 N–H and O–H groups in total. The summed E-state index contributed by atoms with van der Waals surface area (Å²) in [5.41, 5.74) is 3.18. The number of hydrogen-bond acceptors (Lipinski definition) is 8. The summed E-state index contributed by atoms with van der Waals surface area (Å²) in [6.07, 6.45) is 0.277. The molecule has 1 heterocycles. The van der Waals surface area contributed by atoms with Crippen molar-refractivity contribution in [2.75, 3.05) is 20.8 Å². The summed E-state index contributed by atoms with van der Waals surface area (Å²) in [5, 5.41) is 13.6. The van der Waals surface area contributed by atoms with Gasteiger partial charge in [-0.25, -0.2) is 9.78 Å². The smallest absolute Gasteiger partial charge is 0.347 e. The van der Waals surface area contributed by atoms with Gasteiger partial charge >= 0.3 is 11.9 Å². The molecule has 0 saturated heterocycles. The van der Waals surface area contributed by atoms with Gasteiger partial charge in [0.15, 0.2) is 0 Å². The summed E-state index contributed by atoms with van der Waals surface area (Å²) < 4.78 is 16.0. The average Bonchev–Trinajstić information content (AvgIpc) is 3.31. The number of thiazole rings is 1. The molecule has 37 heavy (non-hydrogen) atoms. The number of carbonyl (C=O) groups is 2. The minimum absolute atomic E-state index is 0.0113. The first kappa shape index (κ1) is 28.1. The van der Waals surface area contributed by atoms with Crippen LogP contribution >= 0.6 is 11.3 Å². The fourth-order valence-corrected chi connectivity index (χ4v) is 4.74. The second kappa shape index (κ2) is 12.2. The Kier molecular flexibility index (Phi) is 9.29. The molecule has 0 aliphatic carbocycles. The molecule has 0 fully saturated rings. The van der Waals surface area contributed by atoms with Crippen molar-refractivity contribution in [1.29, 1.82) is 0 Å². The largest absolute Gasteiger partial charge is 0.497 e. The van der Waals surface area contributed by atoms with Crippen LogP contribution < -0.4 is 14.8 Å². The van der Waals surface area contributed by atoms with Gasteiger partial charge in [-0.05, 0) is 29.5 Å². The van der Waals surface area contributed by atoms with Crippen molar-refractivity contribution < 1.29 is 28.9 Å². The van der Waals surface area contributed by atoms with Crippen LogP contribution in [0.25, 0.3) is 10.6 Å². The quantitative estimate of drug-likeness (QED) is 0.333. The fourth-order valence-electron chi connectivity index (χ4n) is 3.82. The Balaban J connectivity index is 1.85. The molecule has 198 valence electrons. The fraction of sp³-hybridized carbons (Fsp3) is 0.393. The van der Waals surface area contributed by atoms with E-state index in [1.54, 1.807) is 33.3 Å². The monoisotopic (exact) mass is 526 g/mol. The van der Waals surface area contributed by atoms with Crippen LogP contribution in [0.5, 0.6) is 11.5 Å². The summed E-state index contributed by atoms with van der Waals surface area (Å²) >= 11 is 1.12. The first-order chi connectivity index (χ1) is 17.6. The first-order valence-electron chi connectivity index (χ1n) is 12.0. The number of aromatic carboxylic acids is 1. The zero-order chi connectivity index (χ0) is 27.2. The van der Waals surface area contributed by atoms with Crippen molar-refractivity contribution in [2.45, 2.75) is 52.1 Å². The zero-order valence-corrected chi connectivity index (χ0v) is 22.9. The summed E-state index contributed by atoms with van der Waals surface area (Å²) in [4.78, 5) is 29.5. The van der Waals surface area contributed by atoms with E-state index >= 15 is 0 Å². The molecule has 1 atom stereocenters. The van der Waals surface area contributed by atoms with Gasteiger partial charge in [0.1, 0.15) is 27.4 Å². The number of hydrogen-bond donors (Lipinski definition) is 2. The average molecular weight is 527 g/mol. The summed E-state index contributed by atoms with van der Waals surface area (Å²) in [6, 6.07) is 12.6. The van der Waals surface area contributed by atoms with Crippen LogP contribution in [-0.2, 0) is 27.9 Å². The second-order valence-corrected chi connectivity index (χ2v) is 10.5.